The molecule has 0 saturated carbocycles. The Labute approximate surface area is 171 Å². The van der Waals surface area contributed by atoms with Gasteiger partial charge in [-0.2, -0.15) is 17.6 Å². The molecule has 1 fully saturated rings. The van der Waals surface area contributed by atoms with Gasteiger partial charge in [0.05, 0.1) is 6.04 Å². The molecule has 1 N–H and O–H groups in total. The van der Waals surface area contributed by atoms with Crippen molar-refractivity contribution in [3.63, 3.8) is 0 Å². The summed E-state index contributed by atoms with van der Waals surface area (Å²) in [7, 11) is 0. The minimum Gasteiger partial charge on any atom is -0.428 e. The fraction of sp³-hybridized carbons (Fsp3) is 0.412. The quantitative estimate of drug-likeness (QED) is 0.643. The molecule has 3 rings (SSSR count). The summed E-state index contributed by atoms with van der Waals surface area (Å²) in [5.74, 6) is -0.278. The van der Waals surface area contributed by atoms with E-state index in [9.17, 15) is 17.6 Å². The van der Waals surface area contributed by atoms with Gasteiger partial charge >= 0.3 is 12.5 Å². The van der Waals surface area contributed by atoms with E-state index in [4.69, 9.17) is 0 Å². The number of rotatable bonds is 6. The fourth-order valence-corrected chi connectivity index (χ4v) is 3.75. The molecule has 0 unspecified atom stereocenters. The second kappa shape index (κ2) is 10.5. The van der Waals surface area contributed by atoms with Crippen molar-refractivity contribution in [3.8, 4) is 5.75 Å². The first-order chi connectivity index (χ1) is 12.0. The first-order valence-corrected chi connectivity index (χ1v) is 8.78. The third kappa shape index (κ3) is 5.96. The molecule has 3 nitrogen and oxygen atoms in total. The summed E-state index contributed by atoms with van der Waals surface area (Å²) in [5, 5.41) is 5.29. The number of benzene rings is 1. The van der Waals surface area contributed by atoms with Crippen molar-refractivity contribution in [3.05, 3.63) is 52.2 Å². The van der Waals surface area contributed by atoms with Crippen LogP contribution in [0.3, 0.4) is 0 Å². The first-order valence-electron chi connectivity index (χ1n) is 7.90. The van der Waals surface area contributed by atoms with Crippen molar-refractivity contribution in [1.82, 2.24) is 10.2 Å². The summed E-state index contributed by atoms with van der Waals surface area (Å²) in [6.45, 7) is 3.49. The lowest BCUT2D eigenvalue weighted by molar-refractivity contribution is -0.253. The van der Waals surface area contributed by atoms with E-state index in [1.165, 1.54) is 12.1 Å². The molecule has 0 amide bonds. The Morgan fingerprint density at radius 3 is 2.19 bits per heavy atom. The van der Waals surface area contributed by atoms with Crippen molar-refractivity contribution >= 4 is 36.2 Å². The molecule has 0 aliphatic carbocycles. The van der Waals surface area contributed by atoms with Gasteiger partial charge in [-0.1, -0.05) is 18.2 Å². The Bertz CT molecular complexity index is 668. The van der Waals surface area contributed by atoms with E-state index in [2.05, 4.69) is 15.0 Å². The zero-order valence-electron chi connectivity index (χ0n) is 14.1. The van der Waals surface area contributed by atoms with Gasteiger partial charge in [-0.3, -0.25) is 4.90 Å². The van der Waals surface area contributed by atoms with Crippen molar-refractivity contribution in [2.75, 3.05) is 26.2 Å². The maximum atomic E-state index is 13.0. The van der Waals surface area contributed by atoms with Gasteiger partial charge < -0.3 is 10.1 Å². The van der Waals surface area contributed by atoms with Gasteiger partial charge in [-0.05, 0) is 29.1 Å². The SMILES string of the molecule is Cl.Cl.FC(F)C(F)(F)Oc1ccc([C@@H](c2cccs2)N2CCNCC2)cc1. The number of thiophene rings is 1. The molecular weight excluding hydrogens is 427 g/mol. The number of nitrogens with zero attached hydrogens (tertiary/aromatic N) is 1. The first kappa shape index (κ1) is 24.0. The minimum absolute atomic E-state index is 0. The van der Waals surface area contributed by atoms with Crippen LogP contribution in [0.2, 0.25) is 0 Å². The molecule has 152 valence electrons. The predicted molar refractivity (Wildman–Crippen MR) is 103 cm³/mol. The monoisotopic (exact) mass is 446 g/mol. The van der Waals surface area contributed by atoms with E-state index in [0.29, 0.717) is 0 Å². The molecule has 1 aliphatic rings. The lowest BCUT2D eigenvalue weighted by Crippen LogP contribution is -2.45. The zero-order valence-corrected chi connectivity index (χ0v) is 16.6. The predicted octanol–water partition coefficient (Wildman–Crippen LogP) is 4.82. The standard InChI is InChI=1S/C17H18F4N2OS.2ClH/c18-16(19)17(20,21)24-13-5-3-12(4-6-13)15(14-2-1-11-25-14)23-9-7-22-8-10-23;;/h1-6,11,15-16,22H,7-10H2;2*1H/t15-;;/m0../s1. The van der Waals surface area contributed by atoms with Crippen LogP contribution in [-0.2, 0) is 0 Å². The molecule has 0 radical (unpaired) electrons. The summed E-state index contributed by atoms with van der Waals surface area (Å²) < 4.78 is 54.7. The third-order valence-electron chi connectivity index (χ3n) is 4.03. The Hall–Kier alpha value is -1.06. The molecule has 1 aromatic heterocycles. The normalized spacial score (nSPS) is 16.3. The maximum Gasteiger partial charge on any atom is 0.461 e. The number of hydrogen-bond acceptors (Lipinski definition) is 4. The second-order valence-electron chi connectivity index (χ2n) is 5.74. The third-order valence-corrected chi connectivity index (χ3v) is 4.96. The molecule has 2 aromatic rings. The van der Waals surface area contributed by atoms with Gasteiger partial charge in [0.2, 0.25) is 0 Å². The van der Waals surface area contributed by atoms with E-state index in [1.54, 1.807) is 23.5 Å². The minimum atomic E-state index is -4.49. The van der Waals surface area contributed by atoms with Crippen LogP contribution in [0, 0.1) is 0 Å². The number of halogens is 6. The molecule has 1 atom stereocenters. The fourth-order valence-electron chi connectivity index (χ4n) is 2.86. The van der Waals surface area contributed by atoms with Crippen LogP contribution in [0.5, 0.6) is 5.75 Å². The number of ether oxygens (including phenoxy) is 1. The van der Waals surface area contributed by atoms with E-state index in [-0.39, 0.29) is 36.6 Å². The molecule has 10 heteroatoms. The van der Waals surface area contributed by atoms with Gasteiger partial charge in [0.1, 0.15) is 5.75 Å². The average Bonchev–Trinajstić information content (AvgIpc) is 3.11. The highest BCUT2D eigenvalue weighted by atomic mass is 35.5. The molecular formula is C17H20Cl2F4N2OS. The lowest BCUT2D eigenvalue weighted by Gasteiger charge is -2.34. The van der Waals surface area contributed by atoms with E-state index in [1.807, 2.05) is 17.5 Å². The van der Waals surface area contributed by atoms with Gasteiger partial charge in [-0.15, -0.1) is 36.2 Å². The molecule has 27 heavy (non-hydrogen) atoms. The van der Waals surface area contributed by atoms with Crippen molar-refractivity contribution in [2.24, 2.45) is 0 Å². The molecule has 1 aliphatic heterocycles. The van der Waals surface area contributed by atoms with Gasteiger partial charge in [0.15, 0.2) is 0 Å². The van der Waals surface area contributed by atoms with Crippen LogP contribution in [0.25, 0.3) is 0 Å². The Kier molecular flexibility index (Phi) is 9.30. The molecule has 1 aromatic carbocycles. The highest BCUT2D eigenvalue weighted by Gasteiger charge is 2.44. The largest absolute Gasteiger partial charge is 0.461 e. The number of hydrogen-bond donors (Lipinski definition) is 1. The van der Waals surface area contributed by atoms with E-state index in [0.717, 1.165) is 36.6 Å². The number of piperazine rings is 1. The summed E-state index contributed by atoms with van der Waals surface area (Å²) in [6, 6.07) is 9.95. The zero-order chi connectivity index (χ0) is 17.9. The lowest BCUT2D eigenvalue weighted by atomic mass is 10.0. The Morgan fingerprint density at radius 2 is 1.67 bits per heavy atom. The summed E-state index contributed by atoms with van der Waals surface area (Å²) >= 11 is 1.63. The van der Waals surface area contributed by atoms with Crippen LogP contribution in [0.15, 0.2) is 41.8 Å². The highest BCUT2D eigenvalue weighted by molar-refractivity contribution is 7.10. The summed E-state index contributed by atoms with van der Waals surface area (Å²) in [6.07, 6.45) is -8.36. The number of alkyl halides is 4. The van der Waals surface area contributed by atoms with Crippen LogP contribution >= 0.6 is 36.2 Å². The van der Waals surface area contributed by atoms with Gasteiger partial charge in [0.25, 0.3) is 0 Å². The molecule has 0 bridgehead atoms. The van der Waals surface area contributed by atoms with Crippen LogP contribution in [-0.4, -0.2) is 43.6 Å². The average molecular weight is 447 g/mol. The Morgan fingerprint density at radius 1 is 1.04 bits per heavy atom. The number of nitrogens with one attached hydrogen (secondary N) is 1. The summed E-state index contributed by atoms with van der Waals surface area (Å²) in [5.41, 5.74) is 0.914. The van der Waals surface area contributed by atoms with Crippen LogP contribution in [0.1, 0.15) is 16.5 Å². The van der Waals surface area contributed by atoms with E-state index >= 15 is 0 Å². The summed E-state index contributed by atoms with van der Waals surface area (Å²) in [4.78, 5) is 3.46. The van der Waals surface area contributed by atoms with Crippen molar-refractivity contribution < 1.29 is 22.3 Å². The maximum absolute atomic E-state index is 13.0. The van der Waals surface area contributed by atoms with Crippen LogP contribution < -0.4 is 10.1 Å². The topological polar surface area (TPSA) is 24.5 Å². The Balaban J connectivity index is 0.00000182. The smallest absolute Gasteiger partial charge is 0.428 e. The molecule has 2 heterocycles. The van der Waals surface area contributed by atoms with Crippen molar-refractivity contribution in [1.29, 1.82) is 0 Å². The van der Waals surface area contributed by atoms with Crippen molar-refractivity contribution in [2.45, 2.75) is 18.6 Å². The molecule has 0 spiro atoms. The highest BCUT2D eigenvalue weighted by Crippen LogP contribution is 2.34. The second-order valence-corrected chi connectivity index (χ2v) is 6.72. The van der Waals surface area contributed by atoms with Crippen LogP contribution in [0.4, 0.5) is 17.6 Å². The van der Waals surface area contributed by atoms with Gasteiger partial charge in [-0.25, -0.2) is 0 Å². The van der Waals surface area contributed by atoms with Gasteiger partial charge in [0, 0.05) is 31.1 Å². The molecule has 1 saturated heterocycles. The van der Waals surface area contributed by atoms with E-state index < -0.39 is 12.5 Å².